The van der Waals surface area contributed by atoms with Crippen LogP contribution in [0.5, 0.6) is 5.75 Å². The SMILES string of the molecule is c1ccc(-c2ccc(-c3nc(-c4ccc(-c5ccccc5)cc4)nc(-c4ccc(C5Nc6c(ccc7c6C(c6ccccc6)(c6ccccc6)c6ccccc6-7)O5)cc4)n3)cc2)cc1. The summed E-state index contributed by atoms with van der Waals surface area (Å²) in [5.41, 5.74) is 16.1. The summed E-state index contributed by atoms with van der Waals surface area (Å²) in [5.74, 6) is 2.66. The Bertz CT molecular complexity index is 3140. The molecule has 1 aromatic heterocycles. The predicted octanol–water partition coefficient (Wildman–Crippen LogP) is 14.1. The minimum atomic E-state index is -0.549. The molecule has 1 atom stereocenters. The van der Waals surface area contributed by atoms with Gasteiger partial charge in [0, 0.05) is 27.8 Å². The molecule has 9 aromatic carbocycles. The van der Waals surface area contributed by atoms with Crippen molar-refractivity contribution in [3.63, 3.8) is 0 Å². The first kappa shape index (κ1) is 37.4. The minimum Gasteiger partial charge on any atom is -0.464 e. The molecule has 1 aliphatic carbocycles. The van der Waals surface area contributed by atoms with Crippen molar-refractivity contribution in [2.75, 3.05) is 5.32 Å². The van der Waals surface area contributed by atoms with Crippen molar-refractivity contribution in [2.24, 2.45) is 0 Å². The van der Waals surface area contributed by atoms with E-state index in [4.69, 9.17) is 19.7 Å². The highest BCUT2D eigenvalue weighted by Crippen LogP contribution is 2.61. The van der Waals surface area contributed by atoms with Gasteiger partial charge in [0.05, 0.1) is 11.1 Å². The fraction of sp³-hybridized carbons (Fsp3) is 0.0339. The van der Waals surface area contributed by atoms with Crippen LogP contribution in [0.3, 0.4) is 0 Å². The predicted molar refractivity (Wildman–Crippen MR) is 258 cm³/mol. The summed E-state index contributed by atoms with van der Waals surface area (Å²) < 4.78 is 6.81. The first-order valence-corrected chi connectivity index (χ1v) is 21.7. The average molecular weight is 821 g/mol. The molecule has 0 amide bonds. The number of benzene rings is 9. The van der Waals surface area contributed by atoms with Gasteiger partial charge in [0.25, 0.3) is 0 Å². The molecule has 0 fully saturated rings. The molecule has 1 N–H and O–H groups in total. The Morgan fingerprint density at radius 2 is 0.766 bits per heavy atom. The number of hydrogen-bond acceptors (Lipinski definition) is 5. The van der Waals surface area contributed by atoms with Gasteiger partial charge in [-0.1, -0.05) is 224 Å². The van der Waals surface area contributed by atoms with Crippen molar-refractivity contribution >= 4 is 5.69 Å². The van der Waals surface area contributed by atoms with Crippen LogP contribution in [0, 0.1) is 0 Å². The van der Waals surface area contributed by atoms with Crippen molar-refractivity contribution in [1.82, 2.24) is 15.0 Å². The second-order valence-electron chi connectivity index (χ2n) is 16.3. The lowest BCUT2D eigenvalue weighted by Crippen LogP contribution is -2.29. The van der Waals surface area contributed by atoms with Crippen molar-refractivity contribution in [2.45, 2.75) is 11.6 Å². The molecule has 0 spiro atoms. The Morgan fingerprint density at radius 1 is 0.359 bits per heavy atom. The number of aromatic nitrogens is 3. The molecule has 12 rings (SSSR count). The van der Waals surface area contributed by atoms with Gasteiger partial charge in [0.15, 0.2) is 23.7 Å². The fourth-order valence-corrected chi connectivity index (χ4v) is 9.66. The van der Waals surface area contributed by atoms with Crippen LogP contribution < -0.4 is 10.1 Å². The molecule has 1 aliphatic heterocycles. The highest BCUT2D eigenvalue weighted by atomic mass is 16.5. The van der Waals surface area contributed by atoms with Crippen LogP contribution >= 0.6 is 0 Å². The monoisotopic (exact) mass is 820 g/mol. The van der Waals surface area contributed by atoms with E-state index < -0.39 is 11.6 Å². The Balaban J connectivity index is 0.910. The summed E-state index contributed by atoms with van der Waals surface area (Å²) in [6.45, 7) is 0. The summed E-state index contributed by atoms with van der Waals surface area (Å²) in [4.78, 5) is 15.2. The van der Waals surface area contributed by atoms with Crippen molar-refractivity contribution < 1.29 is 4.74 Å². The largest absolute Gasteiger partial charge is 0.464 e. The lowest BCUT2D eigenvalue weighted by atomic mass is 9.67. The Kier molecular flexibility index (Phi) is 9.04. The van der Waals surface area contributed by atoms with Crippen LogP contribution in [-0.4, -0.2) is 15.0 Å². The molecule has 302 valence electrons. The average Bonchev–Trinajstić information content (AvgIpc) is 3.96. The second kappa shape index (κ2) is 15.5. The van der Waals surface area contributed by atoms with Gasteiger partial charge < -0.3 is 10.1 Å². The molecule has 64 heavy (non-hydrogen) atoms. The zero-order chi connectivity index (χ0) is 42.5. The molecule has 10 aromatic rings. The van der Waals surface area contributed by atoms with Gasteiger partial charge in [-0.2, -0.15) is 0 Å². The molecule has 5 nitrogen and oxygen atoms in total. The molecule has 5 heteroatoms. The zero-order valence-corrected chi connectivity index (χ0v) is 34.8. The topological polar surface area (TPSA) is 59.9 Å². The smallest absolute Gasteiger partial charge is 0.196 e. The standard InChI is InChI=1S/C59H40N4O/c1-5-15-39(16-6-1)41-25-29-43(30-26-41)55-61-56(44-31-27-42(28-32-44)40-17-7-2-8-18-40)63-57(62-55)45-33-35-46(36-34-45)58-60-54-52(64-58)38-37-50-49-23-13-14-24-51(49)59(53(50)54,47-19-9-3-10-20-47)48-21-11-4-12-22-48/h1-38,58,60H. The van der Waals surface area contributed by atoms with E-state index in [1.54, 1.807) is 0 Å². The first-order valence-electron chi connectivity index (χ1n) is 21.7. The molecule has 0 radical (unpaired) electrons. The number of rotatable bonds is 8. The number of nitrogens with zero attached hydrogens (tertiary/aromatic N) is 3. The van der Waals surface area contributed by atoms with Gasteiger partial charge in [-0.25, -0.2) is 15.0 Å². The third-order valence-electron chi connectivity index (χ3n) is 12.7. The van der Waals surface area contributed by atoms with Crippen LogP contribution in [0.25, 0.3) is 67.5 Å². The van der Waals surface area contributed by atoms with Crippen LogP contribution in [0.15, 0.2) is 231 Å². The first-order chi connectivity index (χ1) is 31.7. The van der Waals surface area contributed by atoms with Crippen LogP contribution in [-0.2, 0) is 5.41 Å². The van der Waals surface area contributed by atoms with E-state index in [0.717, 1.165) is 55.9 Å². The van der Waals surface area contributed by atoms with Gasteiger partial charge in [-0.05, 0) is 56.1 Å². The molecular weight excluding hydrogens is 781 g/mol. The summed E-state index contributed by atoms with van der Waals surface area (Å²) in [7, 11) is 0. The van der Waals surface area contributed by atoms with Gasteiger partial charge in [0.1, 0.15) is 5.75 Å². The minimum absolute atomic E-state index is 0.403. The Hall–Kier alpha value is -8.41. The van der Waals surface area contributed by atoms with Gasteiger partial charge >= 0.3 is 0 Å². The van der Waals surface area contributed by atoms with E-state index >= 15 is 0 Å². The maximum Gasteiger partial charge on any atom is 0.196 e. The molecule has 1 unspecified atom stereocenters. The quantitative estimate of drug-likeness (QED) is 0.165. The summed E-state index contributed by atoms with van der Waals surface area (Å²) in [6.07, 6.45) is -0.403. The van der Waals surface area contributed by atoms with Gasteiger partial charge in [0.2, 0.25) is 0 Å². The maximum absolute atomic E-state index is 6.81. The number of anilines is 1. The van der Waals surface area contributed by atoms with Gasteiger partial charge in [-0.3, -0.25) is 0 Å². The number of ether oxygens (including phenoxy) is 1. The summed E-state index contributed by atoms with van der Waals surface area (Å²) in [5, 5.41) is 3.87. The number of hydrogen-bond donors (Lipinski definition) is 1. The molecule has 0 saturated heterocycles. The van der Waals surface area contributed by atoms with Crippen LogP contribution in [0.1, 0.15) is 34.0 Å². The third kappa shape index (κ3) is 6.28. The van der Waals surface area contributed by atoms with Crippen LogP contribution in [0.4, 0.5) is 5.69 Å². The molecule has 0 saturated carbocycles. The van der Waals surface area contributed by atoms with E-state index in [0.29, 0.717) is 17.5 Å². The van der Waals surface area contributed by atoms with E-state index in [1.807, 2.05) is 12.1 Å². The molecular formula is C59H40N4O. The Labute approximate surface area is 372 Å². The third-order valence-corrected chi connectivity index (χ3v) is 12.7. The normalized spacial score (nSPS) is 14.2. The van der Waals surface area contributed by atoms with Crippen LogP contribution in [0.2, 0.25) is 0 Å². The van der Waals surface area contributed by atoms with E-state index in [1.165, 1.54) is 33.4 Å². The van der Waals surface area contributed by atoms with Crippen molar-refractivity contribution in [3.05, 3.63) is 258 Å². The maximum atomic E-state index is 6.81. The highest BCUT2D eigenvalue weighted by Gasteiger charge is 2.49. The number of nitrogens with one attached hydrogen (secondary N) is 1. The van der Waals surface area contributed by atoms with E-state index in [-0.39, 0.29) is 0 Å². The van der Waals surface area contributed by atoms with Crippen molar-refractivity contribution in [3.8, 4) is 73.3 Å². The summed E-state index contributed by atoms with van der Waals surface area (Å²) in [6, 6.07) is 81.0. The van der Waals surface area contributed by atoms with E-state index in [9.17, 15) is 0 Å². The van der Waals surface area contributed by atoms with Gasteiger partial charge in [-0.15, -0.1) is 0 Å². The number of fused-ring (bicyclic) bond motifs is 5. The Morgan fingerprint density at radius 3 is 1.27 bits per heavy atom. The van der Waals surface area contributed by atoms with Crippen molar-refractivity contribution in [1.29, 1.82) is 0 Å². The second-order valence-corrected chi connectivity index (χ2v) is 16.3. The lowest BCUT2D eigenvalue weighted by Gasteiger charge is -2.34. The van der Waals surface area contributed by atoms with E-state index in [2.05, 4.69) is 224 Å². The highest BCUT2D eigenvalue weighted by molar-refractivity contribution is 5.93. The molecule has 2 aliphatic rings. The molecule has 0 bridgehead atoms. The zero-order valence-electron chi connectivity index (χ0n) is 34.8. The lowest BCUT2D eigenvalue weighted by molar-refractivity contribution is 0.260. The fourth-order valence-electron chi connectivity index (χ4n) is 9.66. The summed E-state index contributed by atoms with van der Waals surface area (Å²) >= 11 is 0. The molecule has 2 heterocycles.